The summed E-state index contributed by atoms with van der Waals surface area (Å²) in [5.41, 5.74) is 0. The summed E-state index contributed by atoms with van der Waals surface area (Å²) in [6.45, 7) is 15.4. The highest BCUT2D eigenvalue weighted by molar-refractivity contribution is 4.88. The Balaban J connectivity index is -0.0000000646. The van der Waals surface area contributed by atoms with Crippen molar-refractivity contribution < 1.29 is 4.39 Å². The Kier molecular flexibility index (Phi) is 116. The summed E-state index contributed by atoms with van der Waals surface area (Å²) in [6, 6.07) is 0. The lowest BCUT2D eigenvalue weighted by molar-refractivity contribution is 0.725. The van der Waals surface area contributed by atoms with Crippen LogP contribution in [0.1, 0.15) is 0 Å². The van der Waals surface area contributed by atoms with Crippen LogP contribution in [0.5, 0.6) is 0 Å². The summed E-state index contributed by atoms with van der Waals surface area (Å²) in [6.07, 6.45) is 3.53. The van der Waals surface area contributed by atoms with Crippen LogP contribution in [0.15, 0.2) is 51.4 Å². The highest BCUT2D eigenvalue weighted by atomic mass is 19.1. The molecule has 0 aliphatic rings. The van der Waals surface area contributed by atoms with Gasteiger partial charge in [-0.2, -0.15) is 0 Å². The van der Waals surface area contributed by atoms with Crippen LogP contribution in [-0.4, -0.2) is 0 Å². The molecule has 0 aromatic carbocycles. The molecule has 0 saturated carbocycles. The van der Waals surface area contributed by atoms with Crippen molar-refractivity contribution in [2.75, 3.05) is 0 Å². The van der Waals surface area contributed by atoms with Gasteiger partial charge in [-0.05, 0) is 0 Å². The molecule has 0 atom stereocenters. The topological polar surface area (TPSA) is 0 Å². The molecule has 0 amide bonds. The minimum absolute atomic E-state index is 0.250. The van der Waals surface area contributed by atoms with Crippen molar-refractivity contribution in [3.05, 3.63) is 51.4 Å². The fourth-order valence-corrected chi connectivity index (χ4v) is 0. The molecule has 52 valence electrons. The lowest BCUT2D eigenvalue weighted by Gasteiger charge is -1.44. The van der Waals surface area contributed by atoms with Crippen LogP contribution < -0.4 is 0 Å². The van der Waals surface area contributed by atoms with E-state index in [1.165, 1.54) is 0 Å². The summed E-state index contributed by atoms with van der Waals surface area (Å²) >= 11 is 0. The Hall–Kier alpha value is -1.11. The van der Waals surface area contributed by atoms with Gasteiger partial charge in [-0.3, -0.25) is 0 Å². The molecule has 0 saturated heterocycles. The maximum Gasteiger partial charge on any atom is 0.0795 e. The smallest absolute Gasteiger partial charge is 0.0795 e. The number of allylic oxidation sites excluding steroid dienone is 2. The predicted molar refractivity (Wildman–Crippen MR) is 43.0 cm³/mol. The Morgan fingerprint density at radius 3 is 1.00 bits per heavy atom. The maximum atomic E-state index is 10.1. The van der Waals surface area contributed by atoms with Gasteiger partial charge in [-0.1, -0.05) is 31.9 Å². The van der Waals surface area contributed by atoms with E-state index in [0.717, 1.165) is 0 Å². The van der Waals surface area contributed by atoms with Crippen molar-refractivity contribution in [2.24, 2.45) is 0 Å². The van der Waals surface area contributed by atoms with Crippen molar-refractivity contribution >= 4 is 0 Å². The van der Waals surface area contributed by atoms with Gasteiger partial charge < -0.3 is 0 Å². The van der Waals surface area contributed by atoms with Crippen LogP contribution in [-0.2, 0) is 0 Å². The van der Waals surface area contributed by atoms with E-state index in [0.29, 0.717) is 0 Å². The van der Waals surface area contributed by atoms with E-state index in [1.54, 1.807) is 12.2 Å². The zero-order valence-corrected chi connectivity index (χ0v) is 5.65. The molecule has 0 aliphatic heterocycles. The van der Waals surface area contributed by atoms with Gasteiger partial charge in [0.05, 0.1) is 6.33 Å². The SMILES string of the molecule is C=C.C=CC=C.C=CF. The van der Waals surface area contributed by atoms with Crippen LogP contribution in [0.4, 0.5) is 4.39 Å². The van der Waals surface area contributed by atoms with Crippen LogP contribution in [0.3, 0.4) is 0 Å². The van der Waals surface area contributed by atoms with Crippen molar-refractivity contribution in [1.82, 2.24) is 0 Å². The molecule has 0 aliphatic carbocycles. The number of halogens is 1. The lowest BCUT2D eigenvalue weighted by atomic mass is 10.6. The molecule has 1 heteroatoms. The molecule has 9 heavy (non-hydrogen) atoms. The summed E-state index contributed by atoms with van der Waals surface area (Å²) in [5, 5.41) is 0. The molecule has 0 fully saturated rings. The Labute approximate surface area is 56.7 Å². The van der Waals surface area contributed by atoms with E-state index in [4.69, 9.17) is 0 Å². The predicted octanol–water partition coefficient (Wildman–Crippen LogP) is 3.26. The standard InChI is InChI=1S/C4H6.C2H3F.C2H4/c1-3-4-2;1-2-3;1-2/h3-4H,1-2H2;2H,1H2;1-2H2. The van der Waals surface area contributed by atoms with E-state index >= 15 is 0 Å². The summed E-state index contributed by atoms with van der Waals surface area (Å²) in [7, 11) is 0. The summed E-state index contributed by atoms with van der Waals surface area (Å²) in [5.74, 6) is 0. The van der Waals surface area contributed by atoms with Gasteiger partial charge in [0.15, 0.2) is 0 Å². The van der Waals surface area contributed by atoms with Gasteiger partial charge in [-0.15, -0.1) is 13.2 Å². The quantitative estimate of drug-likeness (QED) is 0.375. The number of hydrogen-bond donors (Lipinski definition) is 0. The van der Waals surface area contributed by atoms with Crippen LogP contribution in [0.2, 0.25) is 0 Å². The molecular formula is C8H13F. The van der Waals surface area contributed by atoms with Crippen molar-refractivity contribution in [3.63, 3.8) is 0 Å². The summed E-state index contributed by atoms with van der Waals surface area (Å²) in [4.78, 5) is 0. The average molecular weight is 128 g/mol. The van der Waals surface area contributed by atoms with Gasteiger partial charge in [0.25, 0.3) is 0 Å². The normalized spacial score (nSPS) is 4.11. The van der Waals surface area contributed by atoms with Gasteiger partial charge in [0, 0.05) is 0 Å². The van der Waals surface area contributed by atoms with E-state index in [2.05, 4.69) is 32.9 Å². The number of hydrogen-bond acceptors (Lipinski definition) is 0. The first-order chi connectivity index (χ1) is 4.33. The first-order valence-electron chi connectivity index (χ1n) is 2.28. The molecule has 0 radical (unpaired) electrons. The maximum absolute atomic E-state index is 10.1. The second-order valence-electron chi connectivity index (χ2n) is 0.626. The van der Waals surface area contributed by atoms with Gasteiger partial charge >= 0.3 is 0 Å². The summed E-state index contributed by atoms with van der Waals surface area (Å²) < 4.78 is 10.1. The molecule has 0 rings (SSSR count). The van der Waals surface area contributed by atoms with E-state index < -0.39 is 0 Å². The van der Waals surface area contributed by atoms with Crippen molar-refractivity contribution in [3.8, 4) is 0 Å². The minimum atomic E-state index is 0.250. The molecular weight excluding hydrogens is 115 g/mol. The first-order valence-corrected chi connectivity index (χ1v) is 2.28. The van der Waals surface area contributed by atoms with Crippen molar-refractivity contribution in [1.29, 1.82) is 0 Å². The van der Waals surface area contributed by atoms with Crippen molar-refractivity contribution in [2.45, 2.75) is 0 Å². The third-order valence-corrected chi connectivity index (χ3v) is 0.167. The highest BCUT2D eigenvalue weighted by Crippen LogP contribution is 1.52. The first kappa shape index (κ1) is 15.7. The average Bonchev–Trinajstić information content (AvgIpc) is 1.94. The second-order valence-corrected chi connectivity index (χ2v) is 0.626. The fourth-order valence-electron chi connectivity index (χ4n) is 0. The van der Waals surface area contributed by atoms with Crippen LogP contribution >= 0.6 is 0 Å². The fraction of sp³-hybridized carbons (Fsp3) is 0. The molecule has 0 unspecified atom stereocenters. The molecule has 0 heterocycles. The lowest BCUT2D eigenvalue weighted by Crippen LogP contribution is -1.21. The molecule has 0 nitrogen and oxygen atoms in total. The molecule has 0 aromatic heterocycles. The third-order valence-electron chi connectivity index (χ3n) is 0.167. The largest absolute Gasteiger partial charge is 0.216 e. The van der Waals surface area contributed by atoms with E-state index in [9.17, 15) is 4.39 Å². The van der Waals surface area contributed by atoms with E-state index in [-0.39, 0.29) is 6.33 Å². The van der Waals surface area contributed by atoms with Gasteiger partial charge in [-0.25, -0.2) is 4.39 Å². The van der Waals surface area contributed by atoms with Crippen LogP contribution in [0, 0.1) is 0 Å². The Morgan fingerprint density at radius 2 is 1.00 bits per heavy atom. The van der Waals surface area contributed by atoms with E-state index in [1.807, 2.05) is 0 Å². The Bertz CT molecular complexity index is 59.0. The zero-order valence-electron chi connectivity index (χ0n) is 5.65. The molecule has 0 spiro atoms. The zero-order chi connectivity index (χ0) is 8.12. The Morgan fingerprint density at radius 1 is 0.889 bits per heavy atom. The van der Waals surface area contributed by atoms with Gasteiger partial charge in [0.2, 0.25) is 0 Å². The van der Waals surface area contributed by atoms with Gasteiger partial charge in [0.1, 0.15) is 0 Å². The van der Waals surface area contributed by atoms with Crippen LogP contribution in [0.25, 0.3) is 0 Å². The molecule has 0 bridgehead atoms. The third kappa shape index (κ3) is 13600. The second kappa shape index (κ2) is 66.9. The molecule has 0 aromatic rings. The molecule has 0 N–H and O–H groups in total. The minimum Gasteiger partial charge on any atom is -0.216 e. The monoisotopic (exact) mass is 128 g/mol. The number of rotatable bonds is 1. The highest BCUT2D eigenvalue weighted by Gasteiger charge is 1.29.